The molecule has 1 aliphatic heterocycles. The third kappa shape index (κ3) is 11.0. The predicted molar refractivity (Wildman–Crippen MR) is 99.8 cm³/mol. The van der Waals surface area contributed by atoms with Crippen molar-refractivity contribution in [1.82, 2.24) is 0 Å². The number of hydrogen-bond acceptors (Lipinski definition) is 3. The standard InChI is InChI=1S/C21H32O3/c1-3-4-5-6-7-8-9-10-11-12-13-14-16-19-20(24-19)17-15-18-21(22)23-2/h7-8,10-14,16,19-20H,3-6,9,15,17-18H2,1-2H3/b8-7+,11-10+,13-12+,16-14+. The van der Waals surface area contributed by atoms with Crippen molar-refractivity contribution in [3.05, 3.63) is 48.6 Å². The second-order valence-electron chi connectivity index (χ2n) is 6.01. The van der Waals surface area contributed by atoms with E-state index < -0.39 is 0 Å². The van der Waals surface area contributed by atoms with Gasteiger partial charge in [-0.25, -0.2) is 0 Å². The van der Waals surface area contributed by atoms with E-state index in [-0.39, 0.29) is 18.2 Å². The van der Waals surface area contributed by atoms with E-state index in [1.54, 1.807) is 0 Å². The average Bonchev–Trinajstić information content (AvgIpc) is 3.34. The molecule has 1 fully saturated rings. The number of hydrogen-bond donors (Lipinski definition) is 0. The van der Waals surface area contributed by atoms with Gasteiger partial charge in [-0.1, -0.05) is 68.4 Å². The first-order chi connectivity index (χ1) is 11.8. The lowest BCUT2D eigenvalue weighted by Crippen LogP contribution is -2.01. The molecule has 1 saturated heterocycles. The fourth-order valence-corrected chi connectivity index (χ4v) is 2.37. The maximum Gasteiger partial charge on any atom is 0.305 e. The number of esters is 1. The minimum Gasteiger partial charge on any atom is -0.469 e. The summed E-state index contributed by atoms with van der Waals surface area (Å²) in [6.45, 7) is 2.23. The topological polar surface area (TPSA) is 38.8 Å². The number of carbonyl (C=O) groups is 1. The highest BCUT2D eigenvalue weighted by Gasteiger charge is 2.35. The molecule has 3 heteroatoms. The lowest BCUT2D eigenvalue weighted by Gasteiger charge is -1.96. The number of unbranched alkanes of at least 4 members (excludes halogenated alkanes) is 3. The highest BCUT2D eigenvalue weighted by molar-refractivity contribution is 5.68. The maximum absolute atomic E-state index is 11.0. The van der Waals surface area contributed by atoms with E-state index in [4.69, 9.17) is 4.74 Å². The Labute approximate surface area is 147 Å². The van der Waals surface area contributed by atoms with E-state index >= 15 is 0 Å². The first kappa shape index (κ1) is 20.4. The summed E-state index contributed by atoms with van der Waals surface area (Å²) in [4.78, 5) is 11.0. The minimum absolute atomic E-state index is 0.145. The van der Waals surface area contributed by atoms with Crippen molar-refractivity contribution in [2.24, 2.45) is 0 Å². The van der Waals surface area contributed by atoms with Crippen LogP contribution in [0.2, 0.25) is 0 Å². The quantitative estimate of drug-likeness (QED) is 0.151. The number of methoxy groups -OCH3 is 1. The molecule has 0 amide bonds. The molecule has 0 N–H and O–H groups in total. The molecule has 1 aliphatic rings. The summed E-state index contributed by atoms with van der Waals surface area (Å²) in [5, 5.41) is 0. The number of ether oxygens (including phenoxy) is 2. The van der Waals surface area contributed by atoms with Gasteiger partial charge in [-0.15, -0.1) is 0 Å². The molecule has 0 radical (unpaired) electrons. The van der Waals surface area contributed by atoms with Crippen LogP contribution in [-0.4, -0.2) is 25.3 Å². The van der Waals surface area contributed by atoms with Crippen molar-refractivity contribution < 1.29 is 14.3 Å². The molecular formula is C21H32O3. The molecule has 0 bridgehead atoms. The molecular weight excluding hydrogens is 300 g/mol. The van der Waals surface area contributed by atoms with Crippen LogP contribution in [0.5, 0.6) is 0 Å². The second-order valence-corrected chi connectivity index (χ2v) is 6.01. The third-order valence-corrected chi connectivity index (χ3v) is 3.90. The monoisotopic (exact) mass is 332 g/mol. The normalized spacial score (nSPS) is 20.8. The molecule has 1 rings (SSSR count). The molecule has 2 unspecified atom stereocenters. The SMILES string of the molecule is CCCCC/C=C/C/C=C/C=C/C=C/C1OC1CCCC(=O)OC. The Morgan fingerprint density at radius 3 is 2.67 bits per heavy atom. The fraction of sp³-hybridized carbons (Fsp3) is 0.571. The van der Waals surface area contributed by atoms with Gasteiger partial charge in [0, 0.05) is 6.42 Å². The van der Waals surface area contributed by atoms with Crippen LogP contribution < -0.4 is 0 Å². The van der Waals surface area contributed by atoms with Crippen LogP contribution in [0.3, 0.4) is 0 Å². The summed E-state index contributed by atoms with van der Waals surface area (Å²) >= 11 is 0. The summed E-state index contributed by atoms with van der Waals surface area (Å²) in [5.74, 6) is -0.145. The van der Waals surface area contributed by atoms with Gasteiger partial charge in [0.2, 0.25) is 0 Å². The molecule has 3 nitrogen and oxygen atoms in total. The van der Waals surface area contributed by atoms with E-state index in [9.17, 15) is 4.79 Å². The van der Waals surface area contributed by atoms with Crippen LogP contribution in [0.4, 0.5) is 0 Å². The van der Waals surface area contributed by atoms with Gasteiger partial charge in [0.15, 0.2) is 0 Å². The Morgan fingerprint density at radius 2 is 1.88 bits per heavy atom. The highest BCUT2D eigenvalue weighted by atomic mass is 16.6. The molecule has 0 saturated carbocycles. The predicted octanol–water partition coefficient (Wildman–Crippen LogP) is 5.29. The molecule has 24 heavy (non-hydrogen) atoms. The third-order valence-electron chi connectivity index (χ3n) is 3.90. The molecule has 0 aromatic rings. The van der Waals surface area contributed by atoms with Crippen LogP contribution in [0.25, 0.3) is 0 Å². The van der Waals surface area contributed by atoms with E-state index in [0.717, 1.165) is 19.3 Å². The Bertz CT molecular complexity index is 446. The van der Waals surface area contributed by atoms with E-state index in [2.05, 4.69) is 42.0 Å². The first-order valence-electron chi connectivity index (χ1n) is 9.15. The molecule has 1 heterocycles. The van der Waals surface area contributed by atoms with Gasteiger partial charge in [0.1, 0.15) is 6.10 Å². The van der Waals surface area contributed by atoms with Gasteiger partial charge >= 0.3 is 5.97 Å². The number of carbonyl (C=O) groups excluding carboxylic acids is 1. The molecule has 0 aromatic carbocycles. The number of rotatable bonds is 13. The summed E-state index contributed by atoms with van der Waals surface area (Å²) in [7, 11) is 1.42. The van der Waals surface area contributed by atoms with Crippen molar-refractivity contribution in [2.45, 2.75) is 70.5 Å². The molecule has 2 atom stereocenters. The minimum atomic E-state index is -0.145. The van der Waals surface area contributed by atoms with Crippen LogP contribution in [0.15, 0.2) is 48.6 Å². The molecule has 0 aromatic heterocycles. The fourth-order valence-electron chi connectivity index (χ4n) is 2.37. The summed E-state index contributed by atoms with van der Waals surface area (Å²) in [6, 6.07) is 0. The Balaban J connectivity index is 2.00. The zero-order chi connectivity index (χ0) is 17.5. The van der Waals surface area contributed by atoms with Crippen molar-refractivity contribution in [3.8, 4) is 0 Å². The van der Waals surface area contributed by atoms with E-state index in [1.807, 2.05) is 18.2 Å². The van der Waals surface area contributed by atoms with Crippen LogP contribution in [-0.2, 0) is 14.3 Å². The molecule has 0 aliphatic carbocycles. The lowest BCUT2D eigenvalue weighted by atomic mass is 10.1. The van der Waals surface area contributed by atoms with Crippen LogP contribution in [0.1, 0.15) is 58.3 Å². The van der Waals surface area contributed by atoms with Crippen molar-refractivity contribution >= 4 is 5.97 Å². The average molecular weight is 332 g/mol. The maximum atomic E-state index is 11.0. The van der Waals surface area contributed by atoms with Gasteiger partial charge < -0.3 is 9.47 Å². The summed E-state index contributed by atoms with van der Waals surface area (Å²) in [5.41, 5.74) is 0. The van der Waals surface area contributed by atoms with Crippen molar-refractivity contribution in [2.75, 3.05) is 7.11 Å². The smallest absolute Gasteiger partial charge is 0.305 e. The van der Waals surface area contributed by atoms with E-state index in [1.165, 1.54) is 32.8 Å². The first-order valence-corrected chi connectivity index (χ1v) is 9.15. The van der Waals surface area contributed by atoms with Gasteiger partial charge in [0.25, 0.3) is 0 Å². The van der Waals surface area contributed by atoms with E-state index in [0.29, 0.717) is 6.42 Å². The Kier molecular flexibility index (Phi) is 11.7. The van der Waals surface area contributed by atoms with Crippen LogP contribution >= 0.6 is 0 Å². The molecule has 134 valence electrons. The number of allylic oxidation sites excluding steroid dienone is 7. The molecule has 0 spiro atoms. The number of epoxide rings is 1. The van der Waals surface area contributed by atoms with Crippen molar-refractivity contribution in [1.29, 1.82) is 0 Å². The summed E-state index contributed by atoms with van der Waals surface area (Å²) in [6.07, 6.45) is 25.7. The van der Waals surface area contributed by atoms with Gasteiger partial charge in [-0.2, -0.15) is 0 Å². The highest BCUT2D eigenvalue weighted by Crippen LogP contribution is 2.28. The second kappa shape index (κ2) is 13.8. The van der Waals surface area contributed by atoms with Crippen molar-refractivity contribution in [3.63, 3.8) is 0 Å². The van der Waals surface area contributed by atoms with Gasteiger partial charge in [0.05, 0.1) is 13.2 Å². The lowest BCUT2D eigenvalue weighted by molar-refractivity contribution is -0.140. The zero-order valence-corrected chi connectivity index (χ0v) is 15.2. The summed E-state index contributed by atoms with van der Waals surface area (Å²) < 4.78 is 10.1. The Morgan fingerprint density at radius 1 is 1.04 bits per heavy atom. The van der Waals surface area contributed by atoms with Gasteiger partial charge in [-0.3, -0.25) is 4.79 Å². The van der Waals surface area contributed by atoms with Crippen LogP contribution in [0, 0.1) is 0 Å². The van der Waals surface area contributed by atoms with Gasteiger partial charge in [-0.05, 0) is 32.1 Å². The largest absolute Gasteiger partial charge is 0.469 e. The zero-order valence-electron chi connectivity index (χ0n) is 15.2. The Hall–Kier alpha value is -1.61.